The van der Waals surface area contributed by atoms with Crippen molar-refractivity contribution < 1.29 is 4.79 Å². The van der Waals surface area contributed by atoms with E-state index in [1.165, 1.54) is 6.33 Å². The summed E-state index contributed by atoms with van der Waals surface area (Å²) in [6.07, 6.45) is 5.77. The van der Waals surface area contributed by atoms with Crippen LogP contribution in [0, 0.1) is 0 Å². The van der Waals surface area contributed by atoms with Gasteiger partial charge in [-0.25, -0.2) is 9.67 Å². The number of carbonyl (C=O) groups is 1. The van der Waals surface area contributed by atoms with Crippen LogP contribution in [0.15, 0.2) is 24.7 Å². The highest BCUT2D eigenvalue weighted by molar-refractivity contribution is 5.77. The molecule has 2 aromatic rings. The van der Waals surface area contributed by atoms with Crippen LogP contribution in [0.25, 0.3) is 0 Å². The highest BCUT2D eigenvalue weighted by atomic mass is 16.2. The molecule has 0 saturated carbocycles. The normalized spacial score (nSPS) is 17.5. The Morgan fingerprint density at radius 2 is 2.30 bits per heavy atom. The van der Waals surface area contributed by atoms with Gasteiger partial charge in [-0.15, -0.1) is 5.10 Å². The Hall–Kier alpha value is -2.51. The summed E-state index contributed by atoms with van der Waals surface area (Å²) < 4.78 is 1.58. The number of tetrazole rings is 1. The molecule has 0 bridgehead atoms. The van der Waals surface area contributed by atoms with E-state index in [1.807, 2.05) is 36.2 Å². The minimum absolute atomic E-state index is 0.137. The average molecular weight is 315 g/mol. The predicted molar refractivity (Wildman–Crippen MR) is 84.7 cm³/mol. The Morgan fingerprint density at radius 1 is 1.43 bits per heavy atom. The fourth-order valence-corrected chi connectivity index (χ4v) is 2.93. The van der Waals surface area contributed by atoms with E-state index < -0.39 is 0 Å². The number of carbonyl (C=O) groups excluding carboxylic acids is 1. The molecule has 1 saturated heterocycles. The van der Waals surface area contributed by atoms with Crippen molar-refractivity contribution >= 4 is 11.7 Å². The summed E-state index contributed by atoms with van der Waals surface area (Å²) in [6, 6.07) is 4.21. The zero-order valence-corrected chi connectivity index (χ0v) is 13.5. The van der Waals surface area contributed by atoms with E-state index in [1.54, 1.807) is 4.68 Å². The fourth-order valence-electron chi connectivity index (χ4n) is 2.93. The zero-order valence-electron chi connectivity index (χ0n) is 13.5. The maximum absolute atomic E-state index is 12.6. The number of rotatable bonds is 5. The summed E-state index contributed by atoms with van der Waals surface area (Å²) in [4.78, 5) is 20.9. The van der Waals surface area contributed by atoms with Crippen LogP contribution < -0.4 is 4.90 Å². The molecule has 8 nitrogen and oxygen atoms in total. The number of nitrogens with zero attached hydrogens (tertiary/aromatic N) is 7. The second kappa shape index (κ2) is 6.72. The molecule has 3 rings (SSSR count). The van der Waals surface area contributed by atoms with Crippen LogP contribution in [0.2, 0.25) is 0 Å². The first-order valence-electron chi connectivity index (χ1n) is 7.78. The minimum Gasteiger partial charge on any atom is -0.363 e. The minimum atomic E-state index is 0.137. The van der Waals surface area contributed by atoms with E-state index in [9.17, 15) is 4.79 Å². The maximum Gasteiger partial charge on any atom is 0.224 e. The topological polar surface area (TPSA) is 80.0 Å². The van der Waals surface area contributed by atoms with Gasteiger partial charge in [-0.2, -0.15) is 0 Å². The second-order valence-electron chi connectivity index (χ2n) is 5.91. The quantitative estimate of drug-likeness (QED) is 0.815. The third-order valence-electron chi connectivity index (χ3n) is 4.13. The Labute approximate surface area is 135 Å². The van der Waals surface area contributed by atoms with Gasteiger partial charge in [0.05, 0.1) is 12.6 Å². The molecule has 3 heterocycles. The van der Waals surface area contributed by atoms with Crippen molar-refractivity contribution in [3.8, 4) is 0 Å². The lowest BCUT2D eigenvalue weighted by molar-refractivity contribution is -0.132. The number of likely N-dealkylation sites (tertiary alicyclic amines) is 1. The van der Waals surface area contributed by atoms with E-state index in [2.05, 4.69) is 26.6 Å². The Morgan fingerprint density at radius 3 is 3.04 bits per heavy atom. The van der Waals surface area contributed by atoms with Gasteiger partial charge in [0.2, 0.25) is 5.91 Å². The first-order chi connectivity index (χ1) is 11.1. The average Bonchev–Trinajstić information content (AvgIpc) is 3.24. The molecular weight excluding hydrogens is 294 g/mol. The Balaban J connectivity index is 1.69. The van der Waals surface area contributed by atoms with E-state index in [-0.39, 0.29) is 11.9 Å². The molecule has 0 N–H and O–H groups in total. The molecule has 0 aromatic carbocycles. The first-order valence-corrected chi connectivity index (χ1v) is 7.78. The highest BCUT2D eigenvalue weighted by Gasteiger charge is 2.29. The van der Waals surface area contributed by atoms with Gasteiger partial charge in [0.15, 0.2) is 0 Å². The van der Waals surface area contributed by atoms with Crippen LogP contribution in [-0.4, -0.2) is 56.6 Å². The van der Waals surface area contributed by atoms with E-state index in [0.29, 0.717) is 13.0 Å². The number of aromatic nitrogens is 5. The van der Waals surface area contributed by atoms with E-state index in [0.717, 1.165) is 30.8 Å². The zero-order chi connectivity index (χ0) is 16.2. The molecule has 0 spiro atoms. The number of aryl methyl sites for hydroxylation is 1. The molecule has 1 aliphatic heterocycles. The second-order valence-corrected chi connectivity index (χ2v) is 5.91. The van der Waals surface area contributed by atoms with Crippen LogP contribution in [0.3, 0.4) is 0 Å². The molecule has 2 aromatic heterocycles. The summed E-state index contributed by atoms with van der Waals surface area (Å²) in [5.74, 6) is 1.06. The van der Waals surface area contributed by atoms with Crippen LogP contribution in [-0.2, 0) is 11.3 Å². The summed E-state index contributed by atoms with van der Waals surface area (Å²) in [5.41, 5.74) is 1.15. The van der Waals surface area contributed by atoms with Gasteiger partial charge in [-0.05, 0) is 41.0 Å². The van der Waals surface area contributed by atoms with E-state index in [4.69, 9.17) is 0 Å². The third-order valence-corrected chi connectivity index (χ3v) is 4.13. The van der Waals surface area contributed by atoms with Gasteiger partial charge < -0.3 is 9.80 Å². The highest BCUT2D eigenvalue weighted by Crippen LogP contribution is 2.33. The first kappa shape index (κ1) is 15.4. The van der Waals surface area contributed by atoms with Crippen molar-refractivity contribution in [2.24, 2.45) is 0 Å². The summed E-state index contributed by atoms with van der Waals surface area (Å²) in [6.45, 7) is 1.31. The summed E-state index contributed by atoms with van der Waals surface area (Å²) in [5, 5.41) is 11.0. The number of amides is 1. The number of hydrogen-bond donors (Lipinski definition) is 0. The monoisotopic (exact) mass is 315 g/mol. The third kappa shape index (κ3) is 3.46. The lowest BCUT2D eigenvalue weighted by Crippen LogP contribution is -2.31. The van der Waals surface area contributed by atoms with Crippen molar-refractivity contribution in [1.82, 2.24) is 30.1 Å². The van der Waals surface area contributed by atoms with Crippen LogP contribution >= 0.6 is 0 Å². The fraction of sp³-hybridized carbons (Fsp3) is 0.533. The van der Waals surface area contributed by atoms with Crippen LogP contribution in [0.5, 0.6) is 0 Å². The van der Waals surface area contributed by atoms with Crippen molar-refractivity contribution in [3.05, 3.63) is 30.2 Å². The predicted octanol–water partition coefficient (Wildman–Crippen LogP) is 0.888. The lowest BCUT2D eigenvalue weighted by Gasteiger charge is -2.26. The van der Waals surface area contributed by atoms with Crippen molar-refractivity contribution in [2.45, 2.75) is 31.8 Å². The maximum atomic E-state index is 12.6. The van der Waals surface area contributed by atoms with Crippen molar-refractivity contribution in [2.75, 3.05) is 25.5 Å². The van der Waals surface area contributed by atoms with Gasteiger partial charge >= 0.3 is 0 Å². The number of pyridine rings is 1. The van der Waals surface area contributed by atoms with Crippen molar-refractivity contribution in [1.29, 1.82) is 0 Å². The summed E-state index contributed by atoms with van der Waals surface area (Å²) >= 11 is 0. The molecule has 1 amide bonds. The van der Waals surface area contributed by atoms with E-state index >= 15 is 0 Å². The molecule has 0 aliphatic carbocycles. The Kier molecular flexibility index (Phi) is 4.50. The van der Waals surface area contributed by atoms with Gasteiger partial charge in [0.25, 0.3) is 0 Å². The van der Waals surface area contributed by atoms with Crippen molar-refractivity contribution in [3.63, 3.8) is 0 Å². The number of anilines is 1. The molecule has 0 radical (unpaired) electrons. The Bertz CT molecular complexity index is 656. The van der Waals surface area contributed by atoms with Crippen LogP contribution in [0.1, 0.15) is 30.9 Å². The smallest absolute Gasteiger partial charge is 0.224 e. The van der Waals surface area contributed by atoms with Gasteiger partial charge in [0.1, 0.15) is 12.1 Å². The molecule has 8 heteroatoms. The van der Waals surface area contributed by atoms with Gasteiger partial charge in [-0.3, -0.25) is 4.79 Å². The molecule has 1 atom stereocenters. The molecule has 1 unspecified atom stereocenters. The number of hydrogen-bond acceptors (Lipinski definition) is 6. The van der Waals surface area contributed by atoms with Crippen LogP contribution in [0.4, 0.5) is 5.82 Å². The molecule has 1 aliphatic rings. The SMILES string of the molecule is CN(C)c1cc(C2CCCN2C(=O)CCn2cnnn2)ccn1. The standard InChI is InChI=1S/C15H21N7O/c1-20(2)14-10-12(5-7-16-14)13-4-3-8-22(13)15(23)6-9-21-11-17-18-19-21/h5,7,10-11,13H,3-4,6,8-9H2,1-2H3. The largest absolute Gasteiger partial charge is 0.363 e. The molecule has 23 heavy (non-hydrogen) atoms. The molecule has 122 valence electrons. The molecular formula is C15H21N7O. The van der Waals surface area contributed by atoms with Gasteiger partial charge in [0, 0.05) is 33.3 Å². The van der Waals surface area contributed by atoms with Gasteiger partial charge in [-0.1, -0.05) is 0 Å². The summed E-state index contributed by atoms with van der Waals surface area (Å²) in [7, 11) is 3.94. The molecule has 1 fully saturated rings. The lowest BCUT2D eigenvalue weighted by atomic mass is 10.1.